The second-order valence-corrected chi connectivity index (χ2v) is 3.95. The molecule has 0 aliphatic carbocycles. The number of ketones is 1. The summed E-state index contributed by atoms with van der Waals surface area (Å²) in [5.41, 5.74) is 0. The quantitative estimate of drug-likeness (QED) is 0.645. The first-order valence-electron chi connectivity index (χ1n) is 5.51. The highest BCUT2D eigenvalue weighted by atomic mass is 16.7. The summed E-state index contributed by atoms with van der Waals surface area (Å²) in [4.78, 5) is 11.5. The predicted octanol–water partition coefficient (Wildman–Crippen LogP) is -0.927. The normalized spacial score (nSPS) is 32.3. The molecule has 98 valence electrons. The highest BCUT2D eigenvalue weighted by Crippen LogP contribution is 2.21. The van der Waals surface area contributed by atoms with Gasteiger partial charge in [0.15, 0.2) is 11.9 Å². The van der Waals surface area contributed by atoms with Crippen LogP contribution in [0.15, 0.2) is 30.3 Å². The van der Waals surface area contributed by atoms with Crippen LogP contribution >= 0.6 is 0 Å². The summed E-state index contributed by atoms with van der Waals surface area (Å²) < 4.78 is 10.4. The first-order chi connectivity index (χ1) is 8.63. The van der Waals surface area contributed by atoms with Crippen molar-refractivity contribution >= 4 is 5.78 Å². The van der Waals surface area contributed by atoms with Gasteiger partial charge < -0.3 is 24.8 Å². The Morgan fingerprint density at radius 2 is 1.83 bits per heavy atom. The van der Waals surface area contributed by atoms with Crippen LogP contribution in [0.1, 0.15) is 0 Å². The number of aliphatic hydroxyl groups is 3. The third-order valence-corrected chi connectivity index (χ3v) is 2.68. The first-order valence-corrected chi connectivity index (χ1v) is 5.51. The SMILES string of the molecule is O=C1[C@H](O)C(CO)OC(Oc2ccccc2)[C@H]1O. The Balaban J connectivity index is 2.10. The van der Waals surface area contributed by atoms with E-state index in [4.69, 9.17) is 14.6 Å². The van der Waals surface area contributed by atoms with Gasteiger partial charge >= 0.3 is 0 Å². The zero-order valence-electron chi connectivity index (χ0n) is 9.47. The molecule has 1 saturated heterocycles. The van der Waals surface area contributed by atoms with Gasteiger partial charge in [0.2, 0.25) is 6.29 Å². The Morgan fingerprint density at radius 3 is 2.44 bits per heavy atom. The van der Waals surface area contributed by atoms with Crippen molar-refractivity contribution in [3.8, 4) is 5.75 Å². The van der Waals surface area contributed by atoms with Crippen molar-refractivity contribution in [1.29, 1.82) is 0 Å². The van der Waals surface area contributed by atoms with E-state index in [1.54, 1.807) is 30.3 Å². The van der Waals surface area contributed by atoms with E-state index in [2.05, 4.69) is 0 Å². The number of hydrogen-bond acceptors (Lipinski definition) is 6. The van der Waals surface area contributed by atoms with Crippen molar-refractivity contribution in [2.45, 2.75) is 24.6 Å². The summed E-state index contributed by atoms with van der Waals surface area (Å²) in [6, 6.07) is 8.52. The van der Waals surface area contributed by atoms with Gasteiger partial charge in [-0.05, 0) is 12.1 Å². The monoisotopic (exact) mass is 254 g/mol. The average molecular weight is 254 g/mol. The van der Waals surface area contributed by atoms with Crippen molar-refractivity contribution in [3.05, 3.63) is 30.3 Å². The smallest absolute Gasteiger partial charge is 0.233 e. The van der Waals surface area contributed by atoms with Crippen LogP contribution in [0.2, 0.25) is 0 Å². The lowest BCUT2D eigenvalue weighted by molar-refractivity contribution is -0.229. The molecule has 0 aromatic heterocycles. The molecule has 0 bridgehead atoms. The number of ether oxygens (including phenoxy) is 2. The maximum Gasteiger partial charge on any atom is 0.233 e. The minimum absolute atomic E-state index is 0.419. The van der Waals surface area contributed by atoms with Gasteiger partial charge in [-0.2, -0.15) is 0 Å². The van der Waals surface area contributed by atoms with Crippen molar-refractivity contribution in [3.63, 3.8) is 0 Å². The zero-order chi connectivity index (χ0) is 13.1. The molecule has 1 aliphatic heterocycles. The van der Waals surface area contributed by atoms with Gasteiger partial charge in [-0.1, -0.05) is 18.2 Å². The van der Waals surface area contributed by atoms with Crippen LogP contribution in [-0.4, -0.2) is 52.3 Å². The molecule has 1 aromatic rings. The Kier molecular flexibility index (Phi) is 3.93. The second-order valence-electron chi connectivity index (χ2n) is 3.95. The molecule has 1 fully saturated rings. The fourth-order valence-electron chi connectivity index (χ4n) is 1.68. The van der Waals surface area contributed by atoms with Crippen molar-refractivity contribution in [2.24, 2.45) is 0 Å². The van der Waals surface area contributed by atoms with Crippen molar-refractivity contribution in [1.82, 2.24) is 0 Å². The molecule has 1 aromatic carbocycles. The van der Waals surface area contributed by atoms with Gasteiger partial charge in [-0.25, -0.2) is 0 Å². The highest BCUT2D eigenvalue weighted by Gasteiger charge is 2.44. The minimum atomic E-state index is -1.58. The van der Waals surface area contributed by atoms with Crippen LogP contribution in [0, 0.1) is 0 Å². The molecule has 0 radical (unpaired) electrons. The number of para-hydroxylation sites is 1. The third kappa shape index (κ3) is 2.51. The van der Waals surface area contributed by atoms with Gasteiger partial charge in [0, 0.05) is 0 Å². The number of Topliss-reactive ketones (excluding diaryl/α,β-unsaturated/α-hetero) is 1. The van der Waals surface area contributed by atoms with Crippen LogP contribution in [0.25, 0.3) is 0 Å². The lowest BCUT2D eigenvalue weighted by atomic mass is 10.0. The largest absolute Gasteiger partial charge is 0.462 e. The van der Waals surface area contributed by atoms with Crippen LogP contribution in [-0.2, 0) is 9.53 Å². The lowest BCUT2D eigenvalue weighted by Crippen LogP contribution is -2.57. The summed E-state index contributed by atoms with van der Waals surface area (Å²) in [6.07, 6.45) is -5.45. The standard InChI is InChI=1S/C12H14O6/c13-6-8-9(14)10(15)11(16)12(18-8)17-7-4-2-1-3-5-7/h1-5,8-9,11-14,16H,6H2/t8?,9-,11+,12?/m1/s1. The van der Waals surface area contributed by atoms with Crippen LogP contribution in [0.5, 0.6) is 5.75 Å². The molecule has 0 spiro atoms. The fourth-order valence-corrected chi connectivity index (χ4v) is 1.68. The van der Waals surface area contributed by atoms with E-state index in [0.29, 0.717) is 5.75 Å². The van der Waals surface area contributed by atoms with E-state index >= 15 is 0 Å². The lowest BCUT2D eigenvalue weighted by Gasteiger charge is -2.34. The summed E-state index contributed by atoms with van der Waals surface area (Å²) in [5.74, 6) is -0.399. The van der Waals surface area contributed by atoms with E-state index in [-0.39, 0.29) is 0 Å². The summed E-state index contributed by atoms with van der Waals surface area (Å²) >= 11 is 0. The average Bonchev–Trinajstić information content (AvgIpc) is 2.40. The maximum absolute atomic E-state index is 11.5. The molecule has 4 atom stereocenters. The minimum Gasteiger partial charge on any atom is -0.462 e. The van der Waals surface area contributed by atoms with Crippen molar-refractivity contribution in [2.75, 3.05) is 6.61 Å². The molecule has 6 heteroatoms. The molecule has 0 saturated carbocycles. The third-order valence-electron chi connectivity index (χ3n) is 2.68. The molecule has 1 aliphatic rings. The van der Waals surface area contributed by atoms with E-state index in [0.717, 1.165) is 0 Å². The Hall–Kier alpha value is -1.47. The Morgan fingerprint density at radius 1 is 1.17 bits per heavy atom. The Labute approximate surface area is 103 Å². The van der Waals surface area contributed by atoms with E-state index in [9.17, 15) is 15.0 Å². The van der Waals surface area contributed by atoms with E-state index in [1.807, 2.05) is 0 Å². The first kappa shape index (κ1) is 13.0. The van der Waals surface area contributed by atoms with Crippen molar-refractivity contribution < 1.29 is 29.6 Å². The number of carbonyl (C=O) groups is 1. The van der Waals surface area contributed by atoms with Gasteiger partial charge in [0.1, 0.15) is 18.0 Å². The van der Waals surface area contributed by atoms with Gasteiger partial charge in [-0.15, -0.1) is 0 Å². The molecule has 6 nitrogen and oxygen atoms in total. The second kappa shape index (κ2) is 5.45. The summed E-state index contributed by atoms with van der Waals surface area (Å²) in [5, 5.41) is 28.1. The molecule has 18 heavy (non-hydrogen) atoms. The molecule has 2 rings (SSSR count). The molecule has 1 heterocycles. The predicted molar refractivity (Wildman–Crippen MR) is 59.8 cm³/mol. The number of hydrogen-bond donors (Lipinski definition) is 3. The fraction of sp³-hybridized carbons (Fsp3) is 0.417. The molecule has 2 unspecified atom stereocenters. The zero-order valence-corrected chi connectivity index (χ0v) is 9.47. The van der Waals surface area contributed by atoms with Crippen LogP contribution < -0.4 is 4.74 Å². The number of carbonyl (C=O) groups excluding carboxylic acids is 1. The molecular weight excluding hydrogens is 240 g/mol. The summed E-state index contributed by atoms with van der Waals surface area (Å²) in [6.45, 7) is -0.533. The number of rotatable bonds is 3. The van der Waals surface area contributed by atoms with Gasteiger partial charge in [0.05, 0.1) is 6.61 Å². The number of benzene rings is 1. The van der Waals surface area contributed by atoms with Gasteiger partial charge in [0.25, 0.3) is 0 Å². The maximum atomic E-state index is 11.5. The molecular formula is C12H14O6. The molecule has 3 N–H and O–H groups in total. The number of aliphatic hydroxyl groups excluding tert-OH is 3. The van der Waals surface area contributed by atoms with Crippen LogP contribution in [0.4, 0.5) is 0 Å². The van der Waals surface area contributed by atoms with Gasteiger partial charge in [-0.3, -0.25) is 4.79 Å². The Bertz CT molecular complexity index is 406. The van der Waals surface area contributed by atoms with E-state index in [1.165, 1.54) is 0 Å². The van der Waals surface area contributed by atoms with Crippen LogP contribution in [0.3, 0.4) is 0 Å². The van der Waals surface area contributed by atoms with E-state index < -0.39 is 37.0 Å². The highest BCUT2D eigenvalue weighted by molar-refractivity contribution is 5.88. The summed E-state index contributed by atoms with van der Waals surface area (Å²) in [7, 11) is 0. The molecule has 0 amide bonds. The topological polar surface area (TPSA) is 96.2 Å².